The number of aliphatic hydroxyl groups excluding tert-OH is 1. The number of H-pyrrole nitrogens is 1. The van der Waals surface area contributed by atoms with E-state index in [1.807, 2.05) is 4.57 Å². The van der Waals surface area contributed by atoms with E-state index in [1.165, 1.54) is 11.1 Å². The summed E-state index contributed by atoms with van der Waals surface area (Å²) in [6, 6.07) is 21.6. The van der Waals surface area contributed by atoms with E-state index in [4.69, 9.17) is 5.73 Å². The van der Waals surface area contributed by atoms with E-state index in [1.54, 1.807) is 12.7 Å². The van der Waals surface area contributed by atoms with Crippen molar-refractivity contribution in [2.24, 2.45) is 0 Å². The number of anilines is 1. The molecule has 0 saturated carbocycles. The summed E-state index contributed by atoms with van der Waals surface area (Å²) in [5.41, 5.74) is 9.93. The lowest BCUT2D eigenvalue weighted by Crippen LogP contribution is -2.52. The lowest BCUT2D eigenvalue weighted by molar-refractivity contribution is -0.683. The summed E-state index contributed by atoms with van der Waals surface area (Å²) >= 11 is 0. The minimum absolute atomic E-state index is 0.240. The Morgan fingerprint density at radius 2 is 1.58 bits per heavy atom. The first kappa shape index (κ1) is 21.5. The van der Waals surface area contributed by atoms with Crippen LogP contribution in [0.1, 0.15) is 17.2 Å². The van der Waals surface area contributed by atoms with Crippen LogP contribution < -0.4 is 10.3 Å². The quantitative estimate of drug-likeness (QED) is 0.375. The third kappa shape index (κ3) is 4.73. The number of nitrogen functional groups attached to an aromatic ring is 1. The van der Waals surface area contributed by atoms with Crippen LogP contribution in [0.25, 0.3) is 11.2 Å². The third-order valence-corrected chi connectivity index (χ3v) is 6.36. The first-order chi connectivity index (χ1) is 16.2. The molecule has 170 valence electrons. The molecule has 0 spiro atoms. The maximum Gasteiger partial charge on any atom is 0.293 e. The zero-order valence-electron chi connectivity index (χ0n) is 18.6. The number of β-amino-alcohol motifs (C(OH)–C–C–N with tert-alkyl or cyclic N) is 1. The molecule has 0 unspecified atom stereocenters. The van der Waals surface area contributed by atoms with Gasteiger partial charge in [0.2, 0.25) is 12.1 Å². The fourth-order valence-corrected chi connectivity index (χ4v) is 4.75. The fourth-order valence-electron chi connectivity index (χ4n) is 4.75. The predicted molar refractivity (Wildman–Crippen MR) is 127 cm³/mol. The Morgan fingerprint density at radius 3 is 2.21 bits per heavy atom. The van der Waals surface area contributed by atoms with Crippen molar-refractivity contribution in [1.29, 1.82) is 0 Å². The lowest BCUT2D eigenvalue weighted by Gasteiger charge is -2.40. The van der Waals surface area contributed by atoms with E-state index in [0.717, 1.165) is 26.2 Å². The van der Waals surface area contributed by atoms with E-state index in [9.17, 15) is 5.11 Å². The molecule has 4 N–H and O–H groups in total. The molecule has 1 aliphatic rings. The van der Waals surface area contributed by atoms with Gasteiger partial charge in [-0.3, -0.25) is 9.80 Å². The van der Waals surface area contributed by atoms with Crippen molar-refractivity contribution in [2.45, 2.75) is 18.7 Å². The van der Waals surface area contributed by atoms with Crippen molar-refractivity contribution in [3.8, 4) is 0 Å². The number of nitrogens with one attached hydrogen (secondary N) is 1. The van der Waals surface area contributed by atoms with Gasteiger partial charge in [-0.05, 0) is 11.1 Å². The van der Waals surface area contributed by atoms with Gasteiger partial charge in [0, 0.05) is 32.7 Å². The number of benzene rings is 2. The van der Waals surface area contributed by atoms with Crippen LogP contribution in [0.4, 0.5) is 5.82 Å². The van der Waals surface area contributed by atoms with Gasteiger partial charge in [0.05, 0.1) is 18.7 Å². The summed E-state index contributed by atoms with van der Waals surface area (Å²) in [4.78, 5) is 16.4. The van der Waals surface area contributed by atoms with Crippen LogP contribution in [0.15, 0.2) is 73.3 Å². The maximum absolute atomic E-state index is 10.8. The zero-order chi connectivity index (χ0) is 22.6. The number of nitrogens with zero attached hydrogens (tertiary/aromatic N) is 5. The molecule has 4 aromatic rings. The van der Waals surface area contributed by atoms with Crippen LogP contribution in [-0.2, 0) is 6.54 Å². The van der Waals surface area contributed by atoms with Crippen molar-refractivity contribution in [2.75, 3.05) is 38.5 Å². The Bertz CT molecular complexity index is 1130. The van der Waals surface area contributed by atoms with Gasteiger partial charge in [-0.1, -0.05) is 70.6 Å². The summed E-state index contributed by atoms with van der Waals surface area (Å²) in [5, 5.41) is 10.8. The van der Waals surface area contributed by atoms with Crippen molar-refractivity contribution in [3.63, 3.8) is 0 Å². The number of fused-ring (bicyclic) bond motifs is 1. The molecule has 0 aliphatic carbocycles. The molecule has 1 fully saturated rings. The normalized spacial score (nSPS) is 16.4. The highest BCUT2D eigenvalue weighted by Crippen LogP contribution is 2.29. The van der Waals surface area contributed by atoms with Gasteiger partial charge in [0.25, 0.3) is 5.65 Å². The molecular weight excluding hydrogens is 414 g/mol. The Morgan fingerprint density at radius 1 is 0.939 bits per heavy atom. The molecule has 0 amide bonds. The minimum Gasteiger partial charge on any atom is -0.388 e. The number of imidazole rings is 1. The number of rotatable bonds is 7. The van der Waals surface area contributed by atoms with Crippen molar-refractivity contribution in [3.05, 3.63) is 84.4 Å². The molecular formula is C25H30N7O+. The summed E-state index contributed by atoms with van der Waals surface area (Å²) in [6.07, 6.45) is 2.72. The predicted octanol–water partition coefficient (Wildman–Crippen LogP) is 1.60. The van der Waals surface area contributed by atoms with Crippen LogP contribution in [0.2, 0.25) is 0 Å². The molecule has 33 heavy (non-hydrogen) atoms. The number of hydrogen-bond donors (Lipinski definition) is 3. The number of aliphatic hydroxyl groups is 1. The second kappa shape index (κ2) is 9.66. The van der Waals surface area contributed by atoms with Gasteiger partial charge in [0.1, 0.15) is 0 Å². The second-order valence-electron chi connectivity index (χ2n) is 8.60. The number of piperazine rings is 1. The Kier molecular flexibility index (Phi) is 6.30. The smallest absolute Gasteiger partial charge is 0.293 e. The SMILES string of the molecule is Nc1nc[n+](C[C@@H](O)CN2CCN(C(c3ccccc3)c3ccccc3)CC2)c2nc[nH]c12. The van der Waals surface area contributed by atoms with Crippen LogP contribution in [0.5, 0.6) is 0 Å². The average Bonchev–Trinajstić information content (AvgIpc) is 3.35. The van der Waals surface area contributed by atoms with Crippen LogP contribution in [0.3, 0.4) is 0 Å². The van der Waals surface area contributed by atoms with E-state index in [0.29, 0.717) is 30.1 Å². The van der Waals surface area contributed by atoms with Gasteiger partial charge in [-0.2, -0.15) is 0 Å². The summed E-state index contributed by atoms with van der Waals surface area (Å²) in [6.45, 7) is 4.75. The summed E-state index contributed by atoms with van der Waals surface area (Å²) in [7, 11) is 0. The monoisotopic (exact) mass is 444 g/mol. The van der Waals surface area contributed by atoms with Crippen LogP contribution in [0, 0.1) is 0 Å². The van der Waals surface area contributed by atoms with Crippen molar-refractivity contribution in [1.82, 2.24) is 24.8 Å². The third-order valence-electron chi connectivity index (χ3n) is 6.36. The molecule has 2 aromatic carbocycles. The van der Waals surface area contributed by atoms with Crippen molar-refractivity contribution >= 4 is 17.0 Å². The van der Waals surface area contributed by atoms with Crippen LogP contribution >= 0.6 is 0 Å². The lowest BCUT2D eigenvalue weighted by atomic mass is 9.96. The van der Waals surface area contributed by atoms with Gasteiger partial charge >= 0.3 is 0 Å². The molecule has 5 rings (SSSR count). The Balaban J connectivity index is 1.23. The van der Waals surface area contributed by atoms with Gasteiger partial charge < -0.3 is 15.8 Å². The second-order valence-corrected chi connectivity index (χ2v) is 8.60. The molecule has 8 nitrogen and oxygen atoms in total. The van der Waals surface area contributed by atoms with E-state index < -0.39 is 6.10 Å². The average molecular weight is 445 g/mol. The van der Waals surface area contributed by atoms with Gasteiger partial charge in [-0.15, -0.1) is 0 Å². The molecule has 0 bridgehead atoms. The number of aromatic nitrogens is 4. The van der Waals surface area contributed by atoms with E-state index >= 15 is 0 Å². The highest BCUT2D eigenvalue weighted by Gasteiger charge is 2.27. The van der Waals surface area contributed by atoms with Crippen LogP contribution in [-0.4, -0.2) is 68.7 Å². The molecule has 1 saturated heterocycles. The van der Waals surface area contributed by atoms with Gasteiger partial charge in [-0.25, -0.2) is 4.57 Å². The van der Waals surface area contributed by atoms with Gasteiger partial charge in [0.15, 0.2) is 11.8 Å². The number of aromatic amines is 1. The minimum atomic E-state index is -0.522. The Labute approximate surface area is 193 Å². The van der Waals surface area contributed by atoms with Crippen molar-refractivity contribution < 1.29 is 9.67 Å². The maximum atomic E-state index is 10.8. The molecule has 2 aromatic heterocycles. The molecule has 8 heteroatoms. The standard InChI is InChI=1S/C25H29N7O/c26-24-22-25(28-17-27-22)32(18-29-24)16-21(33)15-30-11-13-31(14-12-30)23(19-7-3-1-4-8-19)20-9-5-2-6-10-20/h1-10,17-18,21,23,33H,11-16H2,(H2,26,27,28)/p+1/t21-/m0/s1. The molecule has 3 heterocycles. The highest BCUT2D eigenvalue weighted by molar-refractivity contribution is 5.78. The zero-order valence-corrected chi connectivity index (χ0v) is 18.6. The highest BCUT2D eigenvalue weighted by atomic mass is 16.3. The summed E-state index contributed by atoms with van der Waals surface area (Å²) < 4.78 is 1.85. The topological polar surface area (TPSA) is 98.2 Å². The van der Waals surface area contributed by atoms with E-state index in [2.05, 4.69) is 85.4 Å². The molecule has 1 aliphatic heterocycles. The first-order valence-corrected chi connectivity index (χ1v) is 11.4. The molecule has 1 atom stereocenters. The van der Waals surface area contributed by atoms with E-state index in [-0.39, 0.29) is 6.04 Å². The first-order valence-electron chi connectivity index (χ1n) is 11.4. The summed E-state index contributed by atoms with van der Waals surface area (Å²) in [5.74, 6) is 0.413. The molecule has 0 radical (unpaired) electrons. The Hall–Kier alpha value is -3.33. The number of hydrogen-bond acceptors (Lipinski definition) is 6. The fraction of sp³-hybridized carbons (Fsp3) is 0.320. The number of nitrogens with two attached hydrogens (primary N) is 1. The largest absolute Gasteiger partial charge is 0.388 e.